The lowest BCUT2D eigenvalue weighted by Gasteiger charge is -2.28. The second-order valence-electron chi connectivity index (χ2n) is 5.81. The van der Waals surface area contributed by atoms with Crippen LogP contribution in [0, 0.1) is 0 Å². The topological polar surface area (TPSA) is 46.6 Å². The Kier molecular flexibility index (Phi) is 4.68. The van der Waals surface area contributed by atoms with Crippen LogP contribution in [0.25, 0.3) is 0 Å². The molecule has 0 saturated heterocycles. The maximum Gasteiger partial charge on any atom is 0.335 e. The van der Waals surface area contributed by atoms with E-state index in [9.17, 15) is 9.59 Å². The van der Waals surface area contributed by atoms with E-state index in [0.29, 0.717) is 5.75 Å². The summed E-state index contributed by atoms with van der Waals surface area (Å²) in [6, 6.07) is 17.3. The Balaban J connectivity index is 2.09. The summed E-state index contributed by atoms with van der Waals surface area (Å²) in [4.78, 5) is 27.1. The summed E-state index contributed by atoms with van der Waals surface area (Å²) in [5.41, 5.74) is 2.79. The number of amides is 1. The smallest absolute Gasteiger partial charge is 0.335 e. The summed E-state index contributed by atoms with van der Waals surface area (Å²) < 4.78 is 3.71. The number of para-hydroxylation sites is 1. The molecule has 0 spiro atoms. The number of methoxy groups -OCH3 is 1. The van der Waals surface area contributed by atoms with Gasteiger partial charge in [0.25, 0.3) is 5.91 Å². The van der Waals surface area contributed by atoms with Crippen LogP contribution >= 0.6 is 11.8 Å². The van der Waals surface area contributed by atoms with E-state index in [1.807, 2.05) is 54.6 Å². The molecule has 5 heteroatoms. The number of anilines is 1. The van der Waals surface area contributed by atoms with E-state index in [1.54, 1.807) is 11.9 Å². The zero-order valence-electron chi connectivity index (χ0n) is 14.2. The lowest BCUT2D eigenvalue weighted by Crippen LogP contribution is -2.40. The minimum Gasteiger partial charge on any atom is -0.466 e. The number of thioether (sulfide) groups is 1. The van der Waals surface area contributed by atoms with Crippen molar-refractivity contribution in [2.45, 2.75) is 10.5 Å². The van der Waals surface area contributed by atoms with Gasteiger partial charge in [0, 0.05) is 24.1 Å². The Morgan fingerprint density at radius 2 is 1.80 bits per heavy atom. The molecule has 0 aromatic heterocycles. The number of hydrogen-bond acceptors (Lipinski definition) is 4. The predicted molar refractivity (Wildman–Crippen MR) is 100 cm³/mol. The van der Waals surface area contributed by atoms with E-state index in [-0.39, 0.29) is 11.5 Å². The molecule has 25 heavy (non-hydrogen) atoms. The molecule has 128 valence electrons. The Bertz CT molecular complexity index is 834. The van der Waals surface area contributed by atoms with Crippen LogP contribution in [0.4, 0.5) is 5.69 Å². The maximum absolute atomic E-state index is 13.2. The van der Waals surface area contributed by atoms with Gasteiger partial charge in [-0.1, -0.05) is 55.1 Å². The third-order valence-corrected chi connectivity index (χ3v) is 5.96. The lowest BCUT2D eigenvalue weighted by atomic mass is 9.92. The first kappa shape index (κ1) is 17.3. The van der Waals surface area contributed by atoms with E-state index < -0.39 is 10.7 Å². The standard InChI is InChI=1S/C20H19NO3S/c1-14(18(22)24-3)20(25-13-15-9-5-4-6-10-15)16-11-7-8-12-17(16)21(2)19(20)23/h4-12H,1,13H2,2-3H3. The average Bonchev–Trinajstić information content (AvgIpc) is 2.88. The fraction of sp³-hybridized carbons (Fsp3) is 0.200. The summed E-state index contributed by atoms with van der Waals surface area (Å²) in [6.07, 6.45) is 0. The van der Waals surface area contributed by atoms with Gasteiger partial charge in [-0.25, -0.2) is 4.79 Å². The van der Waals surface area contributed by atoms with Gasteiger partial charge in [-0.15, -0.1) is 11.8 Å². The van der Waals surface area contributed by atoms with E-state index in [0.717, 1.165) is 16.8 Å². The number of carbonyl (C=O) groups is 2. The number of likely N-dealkylation sites (N-methyl/N-ethyl adjacent to an activating group) is 1. The monoisotopic (exact) mass is 353 g/mol. The van der Waals surface area contributed by atoms with Crippen LogP contribution in [0.1, 0.15) is 11.1 Å². The second-order valence-corrected chi connectivity index (χ2v) is 7.00. The number of hydrogen-bond donors (Lipinski definition) is 0. The van der Waals surface area contributed by atoms with E-state index in [2.05, 4.69) is 6.58 Å². The molecule has 0 bridgehead atoms. The quantitative estimate of drug-likeness (QED) is 0.609. The molecule has 2 aromatic rings. The molecule has 3 rings (SSSR count). The van der Waals surface area contributed by atoms with Crippen molar-refractivity contribution in [3.05, 3.63) is 77.9 Å². The normalized spacial score (nSPS) is 18.8. The van der Waals surface area contributed by atoms with Crippen molar-refractivity contribution < 1.29 is 14.3 Å². The molecule has 2 aromatic carbocycles. The van der Waals surface area contributed by atoms with Crippen LogP contribution in [0.3, 0.4) is 0 Å². The minimum absolute atomic E-state index is 0.151. The summed E-state index contributed by atoms with van der Waals surface area (Å²) in [5.74, 6) is -0.172. The number of ether oxygens (including phenoxy) is 1. The molecular formula is C20H19NO3S. The molecule has 1 aliphatic rings. The van der Waals surface area contributed by atoms with Crippen LogP contribution in [-0.2, 0) is 24.8 Å². The van der Waals surface area contributed by atoms with Gasteiger partial charge in [0.1, 0.15) is 0 Å². The van der Waals surface area contributed by atoms with Crippen LogP contribution in [0.5, 0.6) is 0 Å². The molecule has 0 aliphatic carbocycles. The van der Waals surface area contributed by atoms with Crippen LogP contribution < -0.4 is 4.90 Å². The number of fused-ring (bicyclic) bond motifs is 1. The van der Waals surface area contributed by atoms with Crippen molar-refractivity contribution in [2.24, 2.45) is 0 Å². The van der Waals surface area contributed by atoms with Gasteiger partial charge in [-0.3, -0.25) is 4.79 Å². The zero-order valence-corrected chi connectivity index (χ0v) is 15.0. The molecule has 1 aliphatic heterocycles. The summed E-state index contributed by atoms with van der Waals surface area (Å²) in [7, 11) is 3.02. The van der Waals surface area contributed by atoms with Crippen molar-refractivity contribution in [1.82, 2.24) is 0 Å². The highest BCUT2D eigenvalue weighted by molar-refractivity contribution is 8.00. The fourth-order valence-electron chi connectivity index (χ4n) is 3.08. The Morgan fingerprint density at radius 1 is 1.16 bits per heavy atom. The molecule has 0 radical (unpaired) electrons. The first-order valence-electron chi connectivity index (χ1n) is 7.85. The zero-order chi connectivity index (χ0) is 18.0. The van der Waals surface area contributed by atoms with Gasteiger partial charge in [0.2, 0.25) is 0 Å². The number of nitrogens with zero attached hydrogens (tertiary/aromatic N) is 1. The second kappa shape index (κ2) is 6.76. The van der Waals surface area contributed by atoms with Gasteiger partial charge >= 0.3 is 5.97 Å². The SMILES string of the molecule is C=C(C(=O)OC)C1(SCc2ccccc2)C(=O)N(C)c2ccccc21. The van der Waals surface area contributed by atoms with Crippen LogP contribution in [0.15, 0.2) is 66.7 Å². The third kappa shape index (κ3) is 2.74. The van der Waals surface area contributed by atoms with Crippen molar-refractivity contribution in [2.75, 3.05) is 19.1 Å². The fourth-order valence-corrected chi connectivity index (χ4v) is 4.50. The van der Waals surface area contributed by atoms with Gasteiger partial charge in [0.15, 0.2) is 4.75 Å². The van der Waals surface area contributed by atoms with Crippen molar-refractivity contribution in [1.29, 1.82) is 0 Å². The minimum atomic E-state index is -1.17. The van der Waals surface area contributed by atoms with E-state index in [1.165, 1.54) is 18.9 Å². The maximum atomic E-state index is 13.2. The third-order valence-electron chi connectivity index (χ3n) is 4.41. The molecular weight excluding hydrogens is 334 g/mol. The number of carbonyl (C=O) groups excluding carboxylic acids is 2. The lowest BCUT2D eigenvalue weighted by molar-refractivity contribution is -0.137. The number of esters is 1. The molecule has 0 fully saturated rings. The molecule has 4 nitrogen and oxygen atoms in total. The Labute approximate surface area is 151 Å². The number of rotatable bonds is 5. The van der Waals surface area contributed by atoms with E-state index in [4.69, 9.17) is 4.74 Å². The highest BCUT2D eigenvalue weighted by Crippen LogP contribution is 2.53. The highest BCUT2D eigenvalue weighted by Gasteiger charge is 2.54. The predicted octanol–water partition coefficient (Wildman–Crippen LogP) is 3.52. The molecule has 1 atom stereocenters. The largest absolute Gasteiger partial charge is 0.466 e. The molecule has 1 heterocycles. The summed E-state index contributed by atoms with van der Waals surface area (Å²) >= 11 is 1.40. The number of benzene rings is 2. The van der Waals surface area contributed by atoms with Crippen LogP contribution in [0.2, 0.25) is 0 Å². The Morgan fingerprint density at radius 3 is 2.48 bits per heavy atom. The van der Waals surface area contributed by atoms with Gasteiger partial charge in [-0.2, -0.15) is 0 Å². The first-order chi connectivity index (χ1) is 12.0. The summed E-state index contributed by atoms with van der Waals surface area (Å²) in [6.45, 7) is 3.93. The molecule has 0 N–H and O–H groups in total. The first-order valence-corrected chi connectivity index (χ1v) is 8.84. The van der Waals surface area contributed by atoms with Crippen molar-refractivity contribution in [3.63, 3.8) is 0 Å². The summed E-state index contributed by atoms with van der Waals surface area (Å²) in [5, 5.41) is 0. The average molecular weight is 353 g/mol. The van der Waals surface area contributed by atoms with Gasteiger partial charge in [0.05, 0.1) is 12.7 Å². The van der Waals surface area contributed by atoms with Gasteiger partial charge in [-0.05, 0) is 11.6 Å². The van der Waals surface area contributed by atoms with Crippen molar-refractivity contribution >= 4 is 29.3 Å². The molecule has 1 unspecified atom stereocenters. The van der Waals surface area contributed by atoms with Gasteiger partial charge < -0.3 is 9.64 Å². The highest BCUT2D eigenvalue weighted by atomic mass is 32.2. The molecule has 1 amide bonds. The van der Waals surface area contributed by atoms with Crippen molar-refractivity contribution in [3.8, 4) is 0 Å². The Hall–Kier alpha value is -2.53. The van der Waals surface area contributed by atoms with E-state index >= 15 is 0 Å². The molecule has 0 saturated carbocycles. The van der Waals surface area contributed by atoms with Crippen LogP contribution in [-0.4, -0.2) is 26.0 Å².